The molecule has 2 N–H and O–H groups in total. The van der Waals surface area contributed by atoms with E-state index in [0.717, 1.165) is 6.07 Å². The highest BCUT2D eigenvalue weighted by molar-refractivity contribution is 6.39. The molecule has 2 amide bonds. The molecule has 25 heavy (non-hydrogen) atoms. The molecule has 2 rings (SSSR count). The van der Waals surface area contributed by atoms with Crippen LogP contribution in [0.25, 0.3) is 0 Å². The summed E-state index contributed by atoms with van der Waals surface area (Å²) in [7, 11) is 0. The molecule has 9 heteroatoms. The molecule has 0 aliphatic carbocycles. The van der Waals surface area contributed by atoms with Gasteiger partial charge in [0, 0.05) is 18.1 Å². The van der Waals surface area contributed by atoms with Crippen molar-refractivity contribution in [3.05, 3.63) is 59.7 Å². The van der Waals surface area contributed by atoms with Gasteiger partial charge in [0.1, 0.15) is 5.82 Å². The lowest BCUT2D eigenvalue weighted by molar-refractivity contribution is -0.140. The van der Waals surface area contributed by atoms with Crippen LogP contribution < -0.4 is 10.6 Å². The molecular formula is C16H13F4N3O2. The van der Waals surface area contributed by atoms with Gasteiger partial charge in [-0.1, -0.05) is 0 Å². The molecule has 1 atom stereocenters. The molecular weight excluding hydrogens is 342 g/mol. The summed E-state index contributed by atoms with van der Waals surface area (Å²) < 4.78 is 51.1. The predicted octanol–water partition coefficient (Wildman–Crippen LogP) is 3.06. The first-order chi connectivity index (χ1) is 11.7. The number of nitrogens with one attached hydrogen (secondary N) is 2. The number of pyridine rings is 1. The van der Waals surface area contributed by atoms with Gasteiger partial charge in [-0.2, -0.15) is 13.2 Å². The topological polar surface area (TPSA) is 71.1 Å². The Balaban J connectivity index is 2.05. The van der Waals surface area contributed by atoms with E-state index in [4.69, 9.17) is 0 Å². The monoisotopic (exact) mass is 355 g/mol. The molecule has 1 unspecified atom stereocenters. The smallest absolute Gasteiger partial charge is 0.341 e. The molecule has 1 aromatic carbocycles. The van der Waals surface area contributed by atoms with E-state index >= 15 is 0 Å². The third-order valence-electron chi connectivity index (χ3n) is 3.29. The second-order valence-electron chi connectivity index (χ2n) is 5.12. The van der Waals surface area contributed by atoms with Crippen LogP contribution in [0.4, 0.5) is 23.2 Å². The largest absolute Gasteiger partial charge is 0.419 e. The van der Waals surface area contributed by atoms with Crippen molar-refractivity contribution in [1.82, 2.24) is 10.3 Å². The van der Waals surface area contributed by atoms with E-state index in [-0.39, 0.29) is 5.69 Å². The molecule has 0 spiro atoms. The molecule has 0 saturated heterocycles. The maximum absolute atomic E-state index is 13.2. The number of carbonyl (C=O) groups excluding carboxylic acids is 2. The lowest BCUT2D eigenvalue weighted by atomic mass is 10.1. The zero-order valence-corrected chi connectivity index (χ0v) is 12.9. The van der Waals surface area contributed by atoms with Crippen molar-refractivity contribution in [1.29, 1.82) is 0 Å². The molecule has 5 nitrogen and oxygen atoms in total. The zero-order valence-electron chi connectivity index (χ0n) is 12.9. The van der Waals surface area contributed by atoms with Crippen LogP contribution in [-0.4, -0.2) is 16.8 Å². The van der Waals surface area contributed by atoms with Gasteiger partial charge in [0.25, 0.3) is 0 Å². The fourth-order valence-corrected chi connectivity index (χ4v) is 2.01. The summed E-state index contributed by atoms with van der Waals surface area (Å²) >= 11 is 0. The molecule has 0 saturated carbocycles. The van der Waals surface area contributed by atoms with Gasteiger partial charge < -0.3 is 10.6 Å². The highest BCUT2D eigenvalue weighted by Gasteiger charge is 2.34. The van der Waals surface area contributed by atoms with Crippen molar-refractivity contribution < 1.29 is 27.2 Å². The first-order valence-corrected chi connectivity index (χ1v) is 7.07. The van der Waals surface area contributed by atoms with E-state index in [2.05, 4.69) is 10.3 Å². The lowest BCUT2D eigenvalue weighted by Gasteiger charge is -2.14. The molecule has 132 valence electrons. The number of benzene rings is 1. The molecule has 0 fully saturated rings. The number of carbonyl (C=O) groups is 2. The van der Waals surface area contributed by atoms with E-state index < -0.39 is 35.4 Å². The van der Waals surface area contributed by atoms with Gasteiger partial charge >= 0.3 is 18.0 Å². The normalized spacial score (nSPS) is 12.4. The third kappa shape index (κ3) is 4.75. The average Bonchev–Trinajstić information content (AvgIpc) is 2.56. The summed E-state index contributed by atoms with van der Waals surface area (Å²) in [6.07, 6.45) is -1.90. The minimum Gasteiger partial charge on any atom is -0.341 e. The van der Waals surface area contributed by atoms with Gasteiger partial charge in [-0.25, -0.2) is 4.39 Å². The van der Waals surface area contributed by atoms with Crippen LogP contribution in [0.15, 0.2) is 42.7 Å². The average molecular weight is 355 g/mol. The van der Waals surface area contributed by atoms with Crippen LogP contribution in [-0.2, 0) is 15.8 Å². The quantitative estimate of drug-likeness (QED) is 0.657. The number of nitrogens with zero attached hydrogens (tertiary/aromatic N) is 1. The van der Waals surface area contributed by atoms with E-state index in [1.54, 1.807) is 19.1 Å². The summed E-state index contributed by atoms with van der Waals surface area (Å²) in [6, 6.07) is 4.68. The zero-order chi connectivity index (χ0) is 18.6. The highest BCUT2D eigenvalue weighted by Crippen LogP contribution is 2.32. The van der Waals surface area contributed by atoms with Crippen molar-refractivity contribution in [2.24, 2.45) is 0 Å². The Hall–Kier alpha value is -2.97. The van der Waals surface area contributed by atoms with E-state index in [9.17, 15) is 27.2 Å². The van der Waals surface area contributed by atoms with Crippen molar-refractivity contribution >= 4 is 17.5 Å². The number of amides is 2. The molecule has 1 heterocycles. The molecule has 0 aliphatic heterocycles. The third-order valence-corrected chi connectivity index (χ3v) is 3.29. The Labute approximate surface area is 140 Å². The number of halogens is 4. The van der Waals surface area contributed by atoms with E-state index in [1.807, 2.05) is 5.32 Å². The second-order valence-corrected chi connectivity index (χ2v) is 5.12. The van der Waals surface area contributed by atoms with Crippen LogP contribution in [0.5, 0.6) is 0 Å². The maximum Gasteiger partial charge on any atom is 0.419 e. The standard InChI is InChI=1S/C16H13F4N3O2/c1-9(10-4-6-21-7-5-10)22-14(24)15(25)23-11-2-3-13(17)12(8-11)16(18,19)20/h2-9H,1H3,(H,22,24)(H,23,25). The molecule has 2 aromatic rings. The SMILES string of the molecule is CC(NC(=O)C(=O)Nc1ccc(F)c(C(F)(F)F)c1)c1ccncc1. The summed E-state index contributed by atoms with van der Waals surface area (Å²) in [6.45, 7) is 1.63. The first kappa shape index (κ1) is 18.4. The molecule has 0 bridgehead atoms. The maximum atomic E-state index is 13.2. The van der Waals surface area contributed by atoms with Crippen LogP contribution in [0, 0.1) is 5.82 Å². The first-order valence-electron chi connectivity index (χ1n) is 7.07. The number of rotatable bonds is 3. The predicted molar refractivity (Wildman–Crippen MR) is 80.8 cm³/mol. The van der Waals surface area contributed by atoms with E-state index in [0.29, 0.717) is 17.7 Å². The van der Waals surface area contributed by atoms with Crippen LogP contribution >= 0.6 is 0 Å². The van der Waals surface area contributed by atoms with Gasteiger partial charge in [0.2, 0.25) is 0 Å². The van der Waals surface area contributed by atoms with Crippen LogP contribution in [0.2, 0.25) is 0 Å². The van der Waals surface area contributed by atoms with Gasteiger partial charge in [0.15, 0.2) is 0 Å². The number of hydrogen-bond donors (Lipinski definition) is 2. The summed E-state index contributed by atoms with van der Waals surface area (Å²) in [5.74, 6) is -3.68. The summed E-state index contributed by atoms with van der Waals surface area (Å²) in [4.78, 5) is 27.5. The Bertz CT molecular complexity index is 779. The Morgan fingerprint density at radius 3 is 2.32 bits per heavy atom. The van der Waals surface area contributed by atoms with Gasteiger partial charge in [-0.15, -0.1) is 0 Å². The summed E-state index contributed by atoms with van der Waals surface area (Å²) in [5, 5.41) is 4.41. The van der Waals surface area contributed by atoms with Gasteiger partial charge in [0.05, 0.1) is 11.6 Å². The minimum absolute atomic E-state index is 0.342. The Morgan fingerprint density at radius 2 is 1.72 bits per heavy atom. The number of alkyl halides is 3. The van der Waals surface area contributed by atoms with Crippen molar-refractivity contribution in [2.75, 3.05) is 5.32 Å². The Kier molecular flexibility index (Phi) is 5.35. The van der Waals surface area contributed by atoms with E-state index in [1.165, 1.54) is 12.4 Å². The van der Waals surface area contributed by atoms with Crippen molar-refractivity contribution in [2.45, 2.75) is 19.1 Å². The number of hydrogen-bond acceptors (Lipinski definition) is 3. The number of aromatic nitrogens is 1. The number of anilines is 1. The van der Waals surface area contributed by atoms with Crippen molar-refractivity contribution in [3.63, 3.8) is 0 Å². The molecule has 0 aliphatic rings. The second kappa shape index (κ2) is 7.29. The fraction of sp³-hybridized carbons (Fsp3) is 0.188. The van der Waals surface area contributed by atoms with Gasteiger partial charge in [-0.3, -0.25) is 14.6 Å². The van der Waals surface area contributed by atoms with Crippen molar-refractivity contribution in [3.8, 4) is 0 Å². The minimum atomic E-state index is -4.91. The van der Waals surface area contributed by atoms with Crippen LogP contribution in [0.3, 0.4) is 0 Å². The summed E-state index contributed by atoms with van der Waals surface area (Å²) in [5.41, 5.74) is -1.18. The van der Waals surface area contributed by atoms with Crippen LogP contribution in [0.1, 0.15) is 24.1 Å². The molecule has 0 radical (unpaired) electrons. The Morgan fingerprint density at radius 1 is 1.08 bits per heavy atom. The highest BCUT2D eigenvalue weighted by atomic mass is 19.4. The fourth-order valence-electron chi connectivity index (χ4n) is 2.01. The molecule has 1 aromatic heterocycles. The van der Waals surface area contributed by atoms with Gasteiger partial charge in [-0.05, 0) is 42.8 Å². The lowest BCUT2D eigenvalue weighted by Crippen LogP contribution is -2.37.